The summed E-state index contributed by atoms with van der Waals surface area (Å²) in [6, 6.07) is 8.14. The van der Waals surface area contributed by atoms with Gasteiger partial charge in [0.2, 0.25) is 0 Å². The lowest BCUT2D eigenvalue weighted by atomic mass is 10.2. The minimum Gasteiger partial charge on any atom is -0.394 e. The molecule has 0 aliphatic heterocycles. The number of carbonyl (C=O) groups excluding carboxylic acids is 1. The Hall–Kier alpha value is -1.65. The van der Waals surface area contributed by atoms with Crippen molar-refractivity contribution >= 4 is 5.97 Å². The van der Waals surface area contributed by atoms with Crippen LogP contribution in [-0.2, 0) is 4.84 Å². The van der Waals surface area contributed by atoms with E-state index >= 15 is 0 Å². The van der Waals surface area contributed by atoms with Crippen LogP contribution in [0.3, 0.4) is 0 Å². The smallest absolute Gasteiger partial charge is 0.356 e. The molecular weight excluding hydrogens is 194 g/mol. The number of benzene rings is 1. The molecular formula is C11H13NO3. The molecule has 0 aliphatic carbocycles. The fourth-order valence-corrected chi connectivity index (χ4v) is 0.922. The molecule has 4 nitrogen and oxygen atoms in total. The fraction of sp³-hybridized carbons (Fsp3) is 0.182. The van der Waals surface area contributed by atoms with Crippen LogP contribution in [0, 0.1) is 0 Å². The molecule has 1 rings (SSSR count). The van der Waals surface area contributed by atoms with E-state index in [9.17, 15) is 4.79 Å². The van der Waals surface area contributed by atoms with Gasteiger partial charge in [-0.3, -0.25) is 0 Å². The highest BCUT2D eigenvalue weighted by Gasteiger charge is 2.08. The number of hydrogen-bond acceptors (Lipinski definition) is 4. The van der Waals surface area contributed by atoms with Gasteiger partial charge in [-0.15, -0.1) is 12.1 Å². The van der Waals surface area contributed by atoms with Crippen molar-refractivity contribution < 1.29 is 14.7 Å². The predicted molar refractivity (Wildman–Crippen MR) is 56.1 cm³/mol. The predicted octanol–water partition coefficient (Wildman–Crippen LogP) is 0.895. The molecule has 0 amide bonds. The number of aliphatic hydroxyl groups excluding tert-OH is 1. The first-order valence-corrected chi connectivity index (χ1v) is 4.53. The van der Waals surface area contributed by atoms with Crippen LogP contribution in [0.1, 0.15) is 10.4 Å². The van der Waals surface area contributed by atoms with Crippen molar-refractivity contribution in [3.8, 4) is 0 Å². The molecule has 1 aromatic carbocycles. The normalized spacial score (nSPS) is 11.8. The maximum absolute atomic E-state index is 11.4. The van der Waals surface area contributed by atoms with Crippen LogP contribution in [0.4, 0.5) is 0 Å². The molecule has 0 saturated carbocycles. The number of hydroxylamine groups is 1. The van der Waals surface area contributed by atoms with Gasteiger partial charge in [0.05, 0.1) is 18.2 Å². The summed E-state index contributed by atoms with van der Waals surface area (Å²) in [6.07, 6.45) is 1.46. The highest BCUT2D eigenvalue weighted by molar-refractivity contribution is 5.89. The minimum absolute atomic E-state index is 0.175. The molecule has 0 saturated heterocycles. The van der Waals surface area contributed by atoms with Gasteiger partial charge in [-0.2, -0.15) is 0 Å². The monoisotopic (exact) mass is 207 g/mol. The van der Waals surface area contributed by atoms with E-state index in [1.54, 1.807) is 24.3 Å². The van der Waals surface area contributed by atoms with Crippen LogP contribution in [0.2, 0.25) is 0 Å². The number of nitrogens with one attached hydrogen (secondary N) is 1. The Bertz CT molecular complexity index is 324. The summed E-state index contributed by atoms with van der Waals surface area (Å²) in [6.45, 7) is 3.29. The largest absolute Gasteiger partial charge is 0.394 e. The maximum Gasteiger partial charge on any atom is 0.356 e. The molecule has 1 aromatic rings. The van der Waals surface area contributed by atoms with E-state index in [-0.39, 0.29) is 6.61 Å². The number of rotatable bonds is 5. The Balaban J connectivity index is 2.46. The van der Waals surface area contributed by atoms with Gasteiger partial charge in [0, 0.05) is 0 Å². The van der Waals surface area contributed by atoms with Crippen molar-refractivity contribution in [1.82, 2.24) is 5.48 Å². The summed E-state index contributed by atoms with van der Waals surface area (Å²) in [7, 11) is 0. The van der Waals surface area contributed by atoms with Gasteiger partial charge < -0.3 is 9.94 Å². The van der Waals surface area contributed by atoms with Gasteiger partial charge in [-0.05, 0) is 12.1 Å². The quantitative estimate of drug-likeness (QED) is 0.556. The van der Waals surface area contributed by atoms with Crippen LogP contribution >= 0.6 is 0 Å². The molecule has 4 heteroatoms. The third kappa shape index (κ3) is 3.53. The second-order valence-electron chi connectivity index (χ2n) is 2.90. The summed E-state index contributed by atoms with van der Waals surface area (Å²) < 4.78 is 0. The van der Waals surface area contributed by atoms with Crippen molar-refractivity contribution in [2.45, 2.75) is 6.04 Å². The summed E-state index contributed by atoms with van der Waals surface area (Å²) in [5.74, 6) is -0.490. The Morgan fingerprint density at radius 1 is 1.53 bits per heavy atom. The zero-order chi connectivity index (χ0) is 11.1. The van der Waals surface area contributed by atoms with Crippen molar-refractivity contribution in [2.75, 3.05) is 6.61 Å². The first-order valence-electron chi connectivity index (χ1n) is 4.53. The summed E-state index contributed by atoms with van der Waals surface area (Å²) in [5, 5.41) is 8.78. The zero-order valence-electron chi connectivity index (χ0n) is 8.22. The van der Waals surface area contributed by atoms with Gasteiger partial charge >= 0.3 is 5.97 Å². The SMILES string of the molecule is C=C[C@@H](CO)NOC(=O)c1ccccc1. The lowest BCUT2D eigenvalue weighted by Crippen LogP contribution is -2.32. The lowest BCUT2D eigenvalue weighted by molar-refractivity contribution is 0.0146. The van der Waals surface area contributed by atoms with Crippen LogP contribution in [0.5, 0.6) is 0 Å². The van der Waals surface area contributed by atoms with Crippen LogP contribution in [0.25, 0.3) is 0 Å². The highest BCUT2D eigenvalue weighted by atomic mass is 16.7. The topological polar surface area (TPSA) is 58.6 Å². The van der Waals surface area contributed by atoms with Crippen LogP contribution in [0.15, 0.2) is 43.0 Å². The van der Waals surface area contributed by atoms with E-state index in [4.69, 9.17) is 9.94 Å². The second-order valence-corrected chi connectivity index (χ2v) is 2.90. The minimum atomic E-state index is -0.490. The molecule has 0 radical (unpaired) electrons. The molecule has 0 aliphatic rings. The Morgan fingerprint density at radius 2 is 2.20 bits per heavy atom. The van der Waals surface area contributed by atoms with Gasteiger partial charge in [0.1, 0.15) is 0 Å². The zero-order valence-corrected chi connectivity index (χ0v) is 8.22. The molecule has 0 bridgehead atoms. The Labute approximate surface area is 88.1 Å². The van der Waals surface area contributed by atoms with E-state index in [0.717, 1.165) is 0 Å². The summed E-state index contributed by atoms with van der Waals surface area (Å²) in [4.78, 5) is 16.1. The molecule has 80 valence electrons. The average molecular weight is 207 g/mol. The van der Waals surface area contributed by atoms with Gasteiger partial charge in [-0.1, -0.05) is 24.3 Å². The molecule has 0 fully saturated rings. The maximum atomic E-state index is 11.4. The standard InChI is InChI=1S/C11H13NO3/c1-2-10(8-13)12-15-11(14)9-6-4-3-5-7-9/h2-7,10,12-13H,1,8H2/t10-/m0/s1. The van der Waals surface area contributed by atoms with Crippen molar-refractivity contribution in [2.24, 2.45) is 0 Å². The van der Waals surface area contributed by atoms with E-state index in [1.807, 2.05) is 6.07 Å². The van der Waals surface area contributed by atoms with Gasteiger partial charge in [0.15, 0.2) is 0 Å². The number of hydrogen-bond donors (Lipinski definition) is 2. The van der Waals surface area contributed by atoms with E-state index in [0.29, 0.717) is 5.56 Å². The first-order chi connectivity index (χ1) is 7.27. The summed E-state index contributed by atoms with van der Waals surface area (Å²) >= 11 is 0. The van der Waals surface area contributed by atoms with Crippen LogP contribution < -0.4 is 5.48 Å². The van der Waals surface area contributed by atoms with E-state index in [1.165, 1.54) is 6.08 Å². The molecule has 0 heterocycles. The highest BCUT2D eigenvalue weighted by Crippen LogP contribution is 2.00. The molecule has 15 heavy (non-hydrogen) atoms. The Morgan fingerprint density at radius 3 is 2.73 bits per heavy atom. The lowest BCUT2D eigenvalue weighted by Gasteiger charge is -2.10. The molecule has 0 spiro atoms. The summed E-state index contributed by atoms with van der Waals surface area (Å²) in [5.41, 5.74) is 2.85. The van der Waals surface area contributed by atoms with E-state index in [2.05, 4.69) is 12.1 Å². The third-order valence-electron chi connectivity index (χ3n) is 1.79. The van der Waals surface area contributed by atoms with Crippen molar-refractivity contribution in [3.05, 3.63) is 48.6 Å². The van der Waals surface area contributed by atoms with Crippen LogP contribution in [-0.4, -0.2) is 23.7 Å². The second kappa shape index (κ2) is 5.95. The van der Waals surface area contributed by atoms with Gasteiger partial charge in [0.25, 0.3) is 0 Å². The van der Waals surface area contributed by atoms with Crippen molar-refractivity contribution in [3.63, 3.8) is 0 Å². The molecule has 0 aromatic heterocycles. The van der Waals surface area contributed by atoms with Gasteiger partial charge in [-0.25, -0.2) is 4.79 Å². The van der Waals surface area contributed by atoms with Crippen molar-refractivity contribution in [1.29, 1.82) is 0 Å². The number of aliphatic hydroxyl groups is 1. The average Bonchev–Trinajstić information content (AvgIpc) is 2.31. The first kappa shape index (κ1) is 11.4. The Kier molecular flexibility index (Phi) is 4.53. The fourth-order valence-electron chi connectivity index (χ4n) is 0.922. The molecule has 1 atom stereocenters. The number of carbonyl (C=O) groups is 1. The molecule has 0 unspecified atom stereocenters. The molecule has 2 N–H and O–H groups in total. The van der Waals surface area contributed by atoms with E-state index < -0.39 is 12.0 Å². The third-order valence-corrected chi connectivity index (χ3v) is 1.79.